The fourth-order valence-electron chi connectivity index (χ4n) is 1.74. The van der Waals surface area contributed by atoms with E-state index in [4.69, 9.17) is 44.1 Å². The SMILES string of the molecule is C/C=C/C(NS(=O)(=O)OCC(Cl)(Cl)Cl)B1OC(=O)CN(C)CC(=O)O1. The maximum atomic E-state index is 11.9. The minimum atomic E-state index is -4.40. The molecule has 0 radical (unpaired) electrons. The van der Waals surface area contributed by atoms with Crippen LogP contribution < -0.4 is 4.72 Å². The molecule has 0 aliphatic carbocycles. The van der Waals surface area contributed by atoms with Crippen LogP contribution in [0, 0.1) is 0 Å². The molecule has 1 aliphatic rings. The monoisotopic (exact) mass is 436 g/mol. The Morgan fingerprint density at radius 2 is 1.84 bits per heavy atom. The molecule has 1 atom stereocenters. The molecule has 25 heavy (non-hydrogen) atoms. The summed E-state index contributed by atoms with van der Waals surface area (Å²) in [6, 6.07) is 0. The number of allylic oxidation sites excluding steroid dienone is 1. The van der Waals surface area contributed by atoms with Crippen LogP contribution in [0.4, 0.5) is 0 Å². The number of nitrogens with one attached hydrogen (secondary N) is 1. The van der Waals surface area contributed by atoms with Gasteiger partial charge in [-0.25, -0.2) is 0 Å². The van der Waals surface area contributed by atoms with Crippen LogP contribution in [-0.2, 0) is 33.4 Å². The topological polar surface area (TPSA) is 111 Å². The summed E-state index contributed by atoms with van der Waals surface area (Å²) in [6.07, 6.45) is 2.78. The molecule has 1 saturated heterocycles. The lowest BCUT2D eigenvalue weighted by Crippen LogP contribution is -2.53. The van der Waals surface area contributed by atoms with E-state index < -0.39 is 45.7 Å². The minimum Gasteiger partial charge on any atom is -0.497 e. The van der Waals surface area contributed by atoms with E-state index in [1.807, 2.05) is 0 Å². The largest absolute Gasteiger partial charge is 0.622 e. The van der Waals surface area contributed by atoms with E-state index in [2.05, 4.69) is 8.91 Å². The molecule has 0 aromatic rings. The predicted molar refractivity (Wildman–Crippen MR) is 92.3 cm³/mol. The van der Waals surface area contributed by atoms with Gasteiger partial charge in [-0.05, 0) is 14.0 Å². The number of halogens is 3. The summed E-state index contributed by atoms with van der Waals surface area (Å²) in [4.78, 5) is 24.9. The van der Waals surface area contributed by atoms with Gasteiger partial charge in [0.1, 0.15) is 12.5 Å². The molecule has 0 amide bonds. The van der Waals surface area contributed by atoms with Gasteiger partial charge in [-0.15, -0.1) is 0 Å². The summed E-state index contributed by atoms with van der Waals surface area (Å²) in [5.74, 6) is -2.63. The van der Waals surface area contributed by atoms with Crippen molar-refractivity contribution in [1.82, 2.24) is 9.62 Å². The fraction of sp³-hybridized carbons (Fsp3) is 0.636. The van der Waals surface area contributed by atoms with Gasteiger partial charge in [-0.1, -0.05) is 47.0 Å². The van der Waals surface area contributed by atoms with Crippen LogP contribution in [0.2, 0.25) is 0 Å². The fourth-order valence-corrected chi connectivity index (χ4v) is 3.02. The van der Waals surface area contributed by atoms with Crippen LogP contribution >= 0.6 is 34.8 Å². The van der Waals surface area contributed by atoms with Crippen molar-refractivity contribution in [3.8, 4) is 0 Å². The first-order chi connectivity index (χ1) is 11.4. The Labute approximate surface area is 160 Å². The number of carbonyl (C=O) groups is 2. The highest BCUT2D eigenvalue weighted by atomic mass is 35.6. The van der Waals surface area contributed by atoms with Crippen LogP contribution in [-0.4, -0.2) is 68.9 Å². The van der Waals surface area contributed by atoms with Crippen LogP contribution in [0.5, 0.6) is 0 Å². The molecule has 14 heteroatoms. The van der Waals surface area contributed by atoms with Crippen molar-refractivity contribution >= 4 is 64.2 Å². The first-order valence-corrected chi connectivity index (χ1v) is 9.40. The van der Waals surface area contributed by atoms with E-state index in [1.54, 1.807) is 6.92 Å². The highest BCUT2D eigenvalue weighted by molar-refractivity contribution is 7.84. The van der Waals surface area contributed by atoms with Gasteiger partial charge < -0.3 is 9.31 Å². The third kappa shape index (κ3) is 9.09. The van der Waals surface area contributed by atoms with Crippen molar-refractivity contribution in [3.63, 3.8) is 0 Å². The number of hydrogen-bond acceptors (Lipinski definition) is 8. The standard InChI is InChI=1S/C11H16BCl3N2O7S/c1-3-4-8(16-25(20,21)22-7-11(13,14)15)12-23-9(18)5-17(2)6-10(19)24-12/h3-4,8,16H,5-7H2,1-2H3/b4-3+. The van der Waals surface area contributed by atoms with E-state index in [0.717, 1.165) is 0 Å². The molecule has 1 rings (SSSR count). The first-order valence-electron chi connectivity index (χ1n) is 6.85. The zero-order valence-corrected chi connectivity index (χ0v) is 16.4. The van der Waals surface area contributed by atoms with Crippen molar-refractivity contribution in [2.45, 2.75) is 16.7 Å². The number of carbonyl (C=O) groups excluding carboxylic acids is 2. The van der Waals surface area contributed by atoms with Crippen molar-refractivity contribution in [3.05, 3.63) is 12.2 Å². The minimum absolute atomic E-state index is 0.162. The summed E-state index contributed by atoms with van der Waals surface area (Å²) < 4.78 is 38.5. The Hall–Kier alpha value is -0.555. The second-order valence-corrected chi connectivity index (χ2v) is 8.92. The zero-order chi connectivity index (χ0) is 19.3. The van der Waals surface area contributed by atoms with E-state index in [0.29, 0.717) is 0 Å². The van der Waals surface area contributed by atoms with Gasteiger partial charge in [0.15, 0.2) is 0 Å². The molecule has 0 saturated carbocycles. The molecule has 1 heterocycles. The van der Waals surface area contributed by atoms with E-state index in [1.165, 1.54) is 24.1 Å². The van der Waals surface area contributed by atoms with Gasteiger partial charge >= 0.3 is 29.4 Å². The maximum absolute atomic E-state index is 11.9. The van der Waals surface area contributed by atoms with Gasteiger partial charge in [-0.3, -0.25) is 18.7 Å². The molecule has 1 fully saturated rings. The van der Waals surface area contributed by atoms with Gasteiger partial charge in [0.25, 0.3) is 0 Å². The maximum Gasteiger partial charge on any atom is 0.622 e. The quantitative estimate of drug-likeness (QED) is 0.357. The first kappa shape index (κ1) is 22.5. The average Bonchev–Trinajstić information content (AvgIpc) is 2.41. The molecule has 1 aliphatic heterocycles. The number of rotatable bonds is 6. The van der Waals surface area contributed by atoms with Crippen molar-refractivity contribution in [1.29, 1.82) is 0 Å². The normalized spacial score (nSPS) is 19.3. The van der Waals surface area contributed by atoms with Gasteiger partial charge in [0.05, 0.1) is 13.1 Å². The van der Waals surface area contributed by atoms with Gasteiger partial charge in [0.2, 0.25) is 3.79 Å². The van der Waals surface area contributed by atoms with E-state index in [-0.39, 0.29) is 13.1 Å². The lowest BCUT2D eigenvalue weighted by atomic mass is 9.78. The summed E-state index contributed by atoms with van der Waals surface area (Å²) in [6.45, 7) is 0.518. The molecule has 0 spiro atoms. The summed E-state index contributed by atoms with van der Waals surface area (Å²) in [5, 5.41) is 0. The van der Waals surface area contributed by atoms with Crippen LogP contribution in [0.25, 0.3) is 0 Å². The predicted octanol–water partition coefficient (Wildman–Crippen LogP) is 0.212. The molecule has 142 valence electrons. The Morgan fingerprint density at radius 1 is 1.32 bits per heavy atom. The summed E-state index contributed by atoms with van der Waals surface area (Å²) in [7, 11) is -4.39. The van der Waals surface area contributed by atoms with E-state index in [9.17, 15) is 18.0 Å². The Morgan fingerprint density at radius 3 is 2.28 bits per heavy atom. The zero-order valence-electron chi connectivity index (χ0n) is 13.3. The van der Waals surface area contributed by atoms with Crippen LogP contribution in [0.1, 0.15) is 6.92 Å². The molecule has 1 N–H and O–H groups in total. The van der Waals surface area contributed by atoms with E-state index >= 15 is 0 Å². The van der Waals surface area contributed by atoms with Crippen molar-refractivity contribution in [2.75, 3.05) is 26.7 Å². The highest BCUT2D eigenvalue weighted by Crippen LogP contribution is 2.26. The molecule has 1 unspecified atom stereocenters. The molecule has 0 aromatic heterocycles. The Bertz CT molecular complexity index is 606. The molecule has 9 nitrogen and oxygen atoms in total. The smallest absolute Gasteiger partial charge is 0.497 e. The van der Waals surface area contributed by atoms with Crippen LogP contribution in [0.3, 0.4) is 0 Å². The number of likely N-dealkylation sites (N-methyl/N-ethyl adjacent to an activating group) is 1. The van der Waals surface area contributed by atoms with Gasteiger partial charge in [-0.2, -0.15) is 13.1 Å². The second-order valence-electron chi connectivity index (χ2n) is 5.02. The summed E-state index contributed by atoms with van der Waals surface area (Å²) >= 11 is 16.3. The third-order valence-corrected chi connectivity index (χ3v) is 3.96. The van der Waals surface area contributed by atoms with Crippen LogP contribution in [0.15, 0.2) is 12.2 Å². The Balaban J connectivity index is 2.90. The Kier molecular flexibility index (Phi) is 8.46. The number of nitrogens with zero attached hydrogens (tertiary/aromatic N) is 1. The van der Waals surface area contributed by atoms with Crippen molar-refractivity contribution in [2.24, 2.45) is 0 Å². The lowest BCUT2D eigenvalue weighted by Gasteiger charge is -2.26. The highest BCUT2D eigenvalue weighted by Gasteiger charge is 2.41. The molecule has 0 aromatic carbocycles. The molecular weight excluding hydrogens is 421 g/mol. The van der Waals surface area contributed by atoms with Crippen molar-refractivity contribution < 1.29 is 31.5 Å². The third-order valence-electron chi connectivity index (χ3n) is 2.64. The molecular formula is C11H16BCl3N2O7S. The lowest BCUT2D eigenvalue weighted by molar-refractivity contribution is -0.145. The number of hydrogen-bond donors (Lipinski definition) is 1. The average molecular weight is 437 g/mol. The molecule has 0 bridgehead atoms. The second kappa shape index (κ2) is 9.40. The number of alkyl halides is 3. The van der Waals surface area contributed by atoms with Gasteiger partial charge in [0, 0.05) is 0 Å². The summed E-state index contributed by atoms with van der Waals surface area (Å²) in [5.41, 5.74) is 0.